The molecule has 0 saturated heterocycles. The second-order valence-corrected chi connectivity index (χ2v) is 7.17. The van der Waals surface area contributed by atoms with Crippen molar-refractivity contribution < 1.29 is 8.81 Å². The topological polar surface area (TPSA) is 65.1 Å². The summed E-state index contributed by atoms with van der Waals surface area (Å²) in [7, 11) is 0. The maximum absolute atomic E-state index is 13.4. The van der Waals surface area contributed by atoms with Gasteiger partial charge in [-0.3, -0.25) is 14.2 Å². The van der Waals surface area contributed by atoms with Crippen LogP contribution >= 0.6 is 11.3 Å². The standard InChI is InChI=1S/C21H11FN2O3S/c22-12-7-9-13(10-8-12)24-19(15-5-3-11-27-15)23-20-17(21(24)26)18(25)14-4-1-2-6-16(14)28-20/h1-11H. The van der Waals surface area contributed by atoms with Crippen LogP contribution in [0.2, 0.25) is 0 Å². The zero-order chi connectivity index (χ0) is 19.3. The summed E-state index contributed by atoms with van der Waals surface area (Å²) in [6.45, 7) is 0. The predicted molar refractivity (Wildman–Crippen MR) is 107 cm³/mol. The monoisotopic (exact) mass is 390 g/mol. The van der Waals surface area contributed by atoms with E-state index in [-0.39, 0.29) is 16.6 Å². The minimum absolute atomic E-state index is 0.00308. The molecule has 2 aromatic carbocycles. The summed E-state index contributed by atoms with van der Waals surface area (Å²) in [5, 5.41) is 0.471. The van der Waals surface area contributed by atoms with E-state index in [0.717, 1.165) is 4.70 Å². The first-order valence-corrected chi connectivity index (χ1v) is 9.23. The third-order valence-electron chi connectivity index (χ3n) is 4.44. The van der Waals surface area contributed by atoms with Gasteiger partial charge in [0.15, 0.2) is 11.6 Å². The van der Waals surface area contributed by atoms with Crippen molar-refractivity contribution in [3.63, 3.8) is 0 Å². The smallest absolute Gasteiger partial charge is 0.271 e. The Morgan fingerprint density at radius 1 is 0.964 bits per heavy atom. The number of halogens is 1. The number of hydrogen-bond donors (Lipinski definition) is 0. The van der Waals surface area contributed by atoms with Gasteiger partial charge in [-0.1, -0.05) is 12.1 Å². The Balaban J connectivity index is 1.97. The maximum atomic E-state index is 13.4. The van der Waals surface area contributed by atoms with E-state index in [1.807, 2.05) is 12.1 Å². The van der Waals surface area contributed by atoms with Crippen molar-refractivity contribution in [1.82, 2.24) is 9.55 Å². The van der Waals surface area contributed by atoms with Crippen LogP contribution in [0.25, 0.3) is 37.6 Å². The lowest BCUT2D eigenvalue weighted by Gasteiger charge is -2.12. The van der Waals surface area contributed by atoms with Crippen LogP contribution in [0.5, 0.6) is 0 Å². The van der Waals surface area contributed by atoms with E-state index in [2.05, 4.69) is 4.98 Å². The predicted octanol–water partition coefficient (Wildman–Crippen LogP) is 4.36. The molecule has 0 aliphatic carbocycles. The number of aromatic nitrogens is 2. The molecule has 0 saturated carbocycles. The molecule has 0 fully saturated rings. The highest BCUT2D eigenvalue weighted by molar-refractivity contribution is 7.24. The minimum atomic E-state index is -0.519. The van der Waals surface area contributed by atoms with E-state index in [4.69, 9.17) is 4.42 Å². The first-order chi connectivity index (χ1) is 13.6. The van der Waals surface area contributed by atoms with Crippen molar-refractivity contribution in [2.45, 2.75) is 0 Å². The number of nitrogens with zero attached hydrogens (tertiary/aromatic N) is 2. The third-order valence-corrected chi connectivity index (χ3v) is 5.51. The summed E-state index contributed by atoms with van der Waals surface area (Å²) in [6, 6.07) is 15.9. The fraction of sp³-hybridized carbons (Fsp3) is 0. The SMILES string of the molecule is O=c1c2ccccc2sc2nc(-c3ccco3)n(-c3ccc(F)cc3)c(=O)c12. The quantitative estimate of drug-likeness (QED) is 0.420. The Morgan fingerprint density at radius 3 is 2.50 bits per heavy atom. The molecular formula is C21H11FN2O3S. The highest BCUT2D eigenvalue weighted by Gasteiger charge is 2.20. The number of benzene rings is 2. The average Bonchev–Trinajstić information content (AvgIpc) is 3.23. The lowest BCUT2D eigenvalue weighted by molar-refractivity contribution is 0.574. The summed E-state index contributed by atoms with van der Waals surface area (Å²) in [4.78, 5) is 31.3. The third kappa shape index (κ3) is 2.48. The van der Waals surface area contributed by atoms with E-state index >= 15 is 0 Å². The zero-order valence-electron chi connectivity index (χ0n) is 14.3. The highest BCUT2D eigenvalue weighted by Crippen LogP contribution is 2.26. The zero-order valence-corrected chi connectivity index (χ0v) is 15.1. The Kier molecular flexibility index (Phi) is 3.70. The molecule has 136 valence electrons. The Bertz CT molecular complexity index is 1450. The van der Waals surface area contributed by atoms with Crippen LogP contribution in [-0.2, 0) is 0 Å². The molecular weight excluding hydrogens is 379 g/mol. The van der Waals surface area contributed by atoms with Gasteiger partial charge >= 0.3 is 0 Å². The fourth-order valence-corrected chi connectivity index (χ4v) is 4.19. The number of rotatable bonds is 2. The summed E-state index contributed by atoms with van der Waals surface area (Å²) < 4.78 is 20.9. The van der Waals surface area contributed by atoms with Crippen molar-refractivity contribution in [1.29, 1.82) is 0 Å². The van der Waals surface area contributed by atoms with Gasteiger partial charge in [0.1, 0.15) is 16.0 Å². The highest BCUT2D eigenvalue weighted by atomic mass is 32.1. The van der Waals surface area contributed by atoms with Crippen LogP contribution in [0.1, 0.15) is 0 Å². The van der Waals surface area contributed by atoms with Crippen LogP contribution < -0.4 is 11.0 Å². The first-order valence-electron chi connectivity index (χ1n) is 8.42. The van der Waals surface area contributed by atoms with Crippen LogP contribution in [0.4, 0.5) is 4.39 Å². The van der Waals surface area contributed by atoms with Crippen LogP contribution in [0, 0.1) is 5.82 Å². The van der Waals surface area contributed by atoms with E-state index in [1.165, 1.54) is 46.4 Å². The largest absolute Gasteiger partial charge is 0.461 e. The van der Waals surface area contributed by atoms with E-state index in [9.17, 15) is 14.0 Å². The maximum Gasteiger partial charge on any atom is 0.271 e. The molecule has 3 heterocycles. The number of furan rings is 1. The van der Waals surface area contributed by atoms with Gasteiger partial charge in [-0.05, 0) is 48.5 Å². The Hall–Kier alpha value is -3.58. The Labute approximate surface area is 160 Å². The van der Waals surface area contributed by atoms with E-state index in [1.54, 1.807) is 24.3 Å². The molecule has 5 aromatic rings. The molecule has 3 aromatic heterocycles. The van der Waals surface area contributed by atoms with Crippen LogP contribution in [-0.4, -0.2) is 9.55 Å². The molecule has 0 unspecified atom stereocenters. The lowest BCUT2D eigenvalue weighted by Crippen LogP contribution is -2.26. The summed E-state index contributed by atoms with van der Waals surface area (Å²) in [5.74, 6) is 0.194. The van der Waals surface area contributed by atoms with Gasteiger partial charge in [0.05, 0.1) is 12.0 Å². The molecule has 5 nitrogen and oxygen atoms in total. The number of fused-ring (bicyclic) bond motifs is 2. The normalized spacial score (nSPS) is 11.3. The summed E-state index contributed by atoms with van der Waals surface area (Å²) >= 11 is 1.27. The molecule has 28 heavy (non-hydrogen) atoms. The lowest BCUT2D eigenvalue weighted by atomic mass is 10.2. The van der Waals surface area contributed by atoms with Gasteiger partial charge in [0.25, 0.3) is 5.56 Å². The number of hydrogen-bond acceptors (Lipinski definition) is 5. The molecule has 0 N–H and O–H groups in total. The fourth-order valence-electron chi connectivity index (χ4n) is 3.15. The van der Waals surface area contributed by atoms with Gasteiger partial charge in [-0.25, -0.2) is 9.37 Å². The van der Waals surface area contributed by atoms with Gasteiger partial charge in [-0.2, -0.15) is 0 Å². The van der Waals surface area contributed by atoms with Crippen molar-refractivity contribution in [3.8, 4) is 17.3 Å². The molecule has 0 radical (unpaired) electrons. The first kappa shape index (κ1) is 16.6. The van der Waals surface area contributed by atoms with E-state index in [0.29, 0.717) is 21.7 Å². The molecule has 0 spiro atoms. The second kappa shape index (κ2) is 6.24. The molecule has 5 rings (SSSR count). The van der Waals surface area contributed by atoms with Crippen molar-refractivity contribution in [2.24, 2.45) is 0 Å². The van der Waals surface area contributed by atoms with Gasteiger partial charge in [0, 0.05) is 10.1 Å². The molecule has 0 amide bonds. The summed E-state index contributed by atoms with van der Waals surface area (Å²) in [6.07, 6.45) is 1.48. The molecule has 7 heteroatoms. The van der Waals surface area contributed by atoms with Crippen molar-refractivity contribution >= 4 is 31.6 Å². The van der Waals surface area contributed by atoms with Crippen LogP contribution in [0.3, 0.4) is 0 Å². The minimum Gasteiger partial charge on any atom is -0.461 e. The van der Waals surface area contributed by atoms with Crippen molar-refractivity contribution in [3.05, 3.63) is 93.3 Å². The molecule has 0 aliphatic rings. The van der Waals surface area contributed by atoms with E-state index < -0.39 is 11.4 Å². The second-order valence-electron chi connectivity index (χ2n) is 6.14. The molecule has 0 bridgehead atoms. The molecule has 0 aliphatic heterocycles. The van der Waals surface area contributed by atoms with Gasteiger partial charge < -0.3 is 4.42 Å². The van der Waals surface area contributed by atoms with Gasteiger partial charge in [-0.15, -0.1) is 11.3 Å². The Morgan fingerprint density at radius 2 is 1.75 bits per heavy atom. The summed E-state index contributed by atoms with van der Waals surface area (Å²) in [5.41, 5.74) is -0.497. The van der Waals surface area contributed by atoms with Crippen LogP contribution in [0.15, 0.2) is 80.9 Å². The average molecular weight is 390 g/mol. The molecule has 0 atom stereocenters. The van der Waals surface area contributed by atoms with Gasteiger partial charge in [0.2, 0.25) is 5.43 Å². The van der Waals surface area contributed by atoms with Crippen molar-refractivity contribution in [2.75, 3.05) is 0 Å².